The molecular weight excluding hydrogens is 477 g/mol. The third-order valence-electron chi connectivity index (χ3n) is 5.69. The fourth-order valence-corrected chi connectivity index (χ4v) is 7.93. The third-order valence-corrected chi connectivity index (χ3v) is 10.1. The SMILES string of the molecule is c1ccc2c(c1)COCCN1CCSCCSCCN(CCOC2)CCSCCSCC1. The average Bonchev–Trinajstić information content (AvgIpc) is 2.81. The smallest absolute Gasteiger partial charge is 0.0721 e. The monoisotopic (exact) mass is 516 g/mol. The van der Waals surface area contributed by atoms with Crippen molar-refractivity contribution in [2.75, 3.05) is 98.5 Å². The van der Waals surface area contributed by atoms with Crippen LogP contribution in [0.3, 0.4) is 0 Å². The van der Waals surface area contributed by atoms with E-state index in [1.165, 1.54) is 83.3 Å². The number of hydrogen-bond donors (Lipinski definition) is 0. The molecule has 4 nitrogen and oxygen atoms in total. The van der Waals surface area contributed by atoms with Crippen molar-refractivity contribution >= 4 is 47.0 Å². The van der Waals surface area contributed by atoms with Crippen LogP contribution in [-0.2, 0) is 22.7 Å². The highest BCUT2D eigenvalue weighted by atomic mass is 32.2. The zero-order valence-corrected chi connectivity index (χ0v) is 22.6. The predicted molar refractivity (Wildman–Crippen MR) is 148 cm³/mol. The van der Waals surface area contributed by atoms with Crippen molar-refractivity contribution in [1.82, 2.24) is 9.80 Å². The Morgan fingerprint density at radius 2 is 0.875 bits per heavy atom. The molecule has 0 spiro atoms. The van der Waals surface area contributed by atoms with Crippen molar-refractivity contribution in [3.05, 3.63) is 35.4 Å². The van der Waals surface area contributed by atoms with Crippen LogP contribution in [0, 0.1) is 0 Å². The van der Waals surface area contributed by atoms with Gasteiger partial charge in [0.05, 0.1) is 26.4 Å². The Hall–Kier alpha value is 0.460. The Morgan fingerprint density at radius 3 is 1.25 bits per heavy atom. The summed E-state index contributed by atoms with van der Waals surface area (Å²) in [5.74, 6) is 9.97. The first-order valence-electron chi connectivity index (χ1n) is 11.9. The minimum Gasteiger partial charge on any atom is -0.375 e. The quantitative estimate of drug-likeness (QED) is 0.504. The molecule has 3 aliphatic rings. The molecule has 182 valence electrons. The molecule has 32 heavy (non-hydrogen) atoms. The van der Waals surface area contributed by atoms with Gasteiger partial charge in [-0.25, -0.2) is 0 Å². The minimum atomic E-state index is 0.678. The Balaban J connectivity index is 1.64. The molecule has 0 aliphatic carbocycles. The number of hydrogen-bond acceptors (Lipinski definition) is 8. The van der Waals surface area contributed by atoms with Crippen LogP contribution < -0.4 is 0 Å². The van der Waals surface area contributed by atoms with E-state index in [4.69, 9.17) is 9.47 Å². The lowest BCUT2D eigenvalue weighted by molar-refractivity contribution is 0.0850. The summed E-state index contributed by atoms with van der Waals surface area (Å²) in [5, 5.41) is 0. The lowest BCUT2D eigenvalue weighted by atomic mass is 10.1. The van der Waals surface area contributed by atoms with Crippen molar-refractivity contribution in [2.45, 2.75) is 13.2 Å². The average molecular weight is 517 g/mol. The van der Waals surface area contributed by atoms with Gasteiger partial charge in [0.2, 0.25) is 0 Å². The van der Waals surface area contributed by atoms with E-state index in [0.29, 0.717) is 13.2 Å². The fourth-order valence-electron chi connectivity index (χ4n) is 3.68. The summed E-state index contributed by atoms with van der Waals surface area (Å²) < 4.78 is 12.2. The van der Waals surface area contributed by atoms with Gasteiger partial charge in [-0.05, 0) is 11.1 Å². The summed E-state index contributed by atoms with van der Waals surface area (Å²) in [6.45, 7) is 9.69. The Labute approximate surface area is 212 Å². The molecule has 1 fully saturated rings. The molecule has 0 saturated carbocycles. The van der Waals surface area contributed by atoms with Crippen LogP contribution in [0.2, 0.25) is 0 Å². The summed E-state index contributed by atoms with van der Waals surface area (Å²) >= 11 is 8.45. The lowest BCUT2D eigenvalue weighted by Gasteiger charge is -2.23. The third kappa shape index (κ3) is 11.7. The molecule has 0 amide bonds. The molecule has 1 aromatic carbocycles. The van der Waals surface area contributed by atoms with Crippen molar-refractivity contribution in [3.63, 3.8) is 0 Å². The maximum Gasteiger partial charge on any atom is 0.0721 e. The van der Waals surface area contributed by atoms with Crippen LogP contribution in [0.4, 0.5) is 0 Å². The normalized spacial score (nSPS) is 26.9. The van der Waals surface area contributed by atoms with Crippen LogP contribution >= 0.6 is 47.0 Å². The second kappa shape index (κ2) is 17.8. The highest BCUT2D eigenvalue weighted by Gasteiger charge is 2.10. The number of benzene rings is 1. The Bertz CT molecular complexity index is 540. The molecule has 0 aromatic heterocycles. The molecule has 8 heteroatoms. The van der Waals surface area contributed by atoms with Gasteiger partial charge in [-0.2, -0.15) is 47.0 Å². The van der Waals surface area contributed by atoms with Gasteiger partial charge < -0.3 is 9.47 Å². The highest BCUT2D eigenvalue weighted by Crippen LogP contribution is 2.14. The highest BCUT2D eigenvalue weighted by molar-refractivity contribution is 8.03. The molecule has 1 saturated heterocycles. The fraction of sp³-hybridized carbons (Fsp3) is 0.750. The first kappa shape index (κ1) is 27.1. The van der Waals surface area contributed by atoms with Gasteiger partial charge in [-0.15, -0.1) is 0 Å². The number of rotatable bonds is 0. The molecule has 0 atom stereocenters. The summed E-state index contributed by atoms with van der Waals surface area (Å²) in [4.78, 5) is 5.21. The lowest BCUT2D eigenvalue weighted by Crippen LogP contribution is -2.33. The van der Waals surface area contributed by atoms with Gasteiger partial charge in [0.25, 0.3) is 0 Å². The van der Waals surface area contributed by atoms with E-state index >= 15 is 0 Å². The maximum atomic E-state index is 6.12. The van der Waals surface area contributed by atoms with Crippen LogP contribution in [0.5, 0.6) is 0 Å². The van der Waals surface area contributed by atoms with E-state index in [0.717, 1.165) is 26.3 Å². The first-order valence-corrected chi connectivity index (χ1v) is 16.5. The zero-order valence-electron chi connectivity index (χ0n) is 19.4. The summed E-state index contributed by atoms with van der Waals surface area (Å²) in [7, 11) is 0. The van der Waals surface area contributed by atoms with E-state index in [1.54, 1.807) is 0 Å². The predicted octanol–water partition coefficient (Wildman–Crippen LogP) is 4.28. The number of fused-ring (bicyclic) bond motifs is 20. The van der Waals surface area contributed by atoms with Gasteiger partial charge in [0.1, 0.15) is 0 Å². The van der Waals surface area contributed by atoms with Crippen molar-refractivity contribution in [1.29, 1.82) is 0 Å². The number of nitrogens with zero attached hydrogens (tertiary/aromatic N) is 2. The molecule has 3 heterocycles. The van der Waals surface area contributed by atoms with Crippen molar-refractivity contribution in [3.8, 4) is 0 Å². The van der Waals surface area contributed by atoms with E-state index in [-0.39, 0.29) is 0 Å². The maximum absolute atomic E-state index is 6.12. The van der Waals surface area contributed by atoms with Gasteiger partial charge in [0.15, 0.2) is 0 Å². The van der Waals surface area contributed by atoms with Gasteiger partial charge >= 0.3 is 0 Å². The molecular formula is C24H40N2O2S4. The molecule has 0 radical (unpaired) electrons. The van der Waals surface area contributed by atoms with Crippen molar-refractivity contribution in [2.24, 2.45) is 0 Å². The molecule has 0 unspecified atom stereocenters. The molecule has 1 aromatic rings. The van der Waals surface area contributed by atoms with Gasteiger partial charge in [-0.3, -0.25) is 9.80 Å². The minimum absolute atomic E-state index is 0.678. The van der Waals surface area contributed by atoms with Crippen LogP contribution in [0.15, 0.2) is 24.3 Å². The van der Waals surface area contributed by atoms with Gasteiger partial charge in [-0.1, -0.05) is 24.3 Å². The van der Waals surface area contributed by atoms with Crippen LogP contribution in [0.25, 0.3) is 0 Å². The van der Waals surface area contributed by atoms with Crippen LogP contribution in [-0.4, -0.2) is 108 Å². The second-order valence-corrected chi connectivity index (χ2v) is 12.9. The Kier molecular flexibility index (Phi) is 15.1. The molecule has 0 N–H and O–H groups in total. The summed E-state index contributed by atoms with van der Waals surface area (Å²) in [6.07, 6.45) is 0. The number of thioether (sulfide) groups is 4. The molecule has 4 rings (SSSR count). The van der Waals surface area contributed by atoms with Gasteiger partial charge in [0, 0.05) is 85.3 Å². The standard InChI is InChI=1S/C24H40N2O2S4/c1-2-4-24-22-28-12-6-26-9-15-31-19-17-29-13-7-25(5-11-27-21-23(24)3-1)8-14-30-18-20-32-16-10-26/h1-4H,5-22H2. The van der Waals surface area contributed by atoms with E-state index < -0.39 is 0 Å². The first-order chi connectivity index (χ1) is 15.9. The summed E-state index contributed by atoms with van der Waals surface area (Å²) in [6, 6.07) is 8.58. The largest absolute Gasteiger partial charge is 0.375 e. The van der Waals surface area contributed by atoms with E-state index in [2.05, 4.69) is 81.1 Å². The van der Waals surface area contributed by atoms with Crippen molar-refractivity contribution < 1.29 is 9.47 Å². The summed E-state index contributed by atoms with van der Waals surface area (Å²) in [5.41, 5.74) is 2.53. The van der Waals surface area contributed by atoms with Crippen LogP contribution in [0.1, 0.15) is 11.1 Å². The Morgan fingerprint density at radius 1 is 0.500 bits per heavy atom. The number of ether oxygens (including phenoxy) is 2. The molecule has 3 aliphatic heterocycles. The van der Waals surface area contributed by atoms with E-state index in [1.807, 2.05) is 0 Å². The van der Waals surface area contributed by atoms with E-state index in [9.17, 15) is 0 Å². The topological polar surface area (TPSA) is 24.9 Å². The second-order valence-electron chi connectivity index (χ2n) is 8.01. The zero-order chi connectivity index (χ0) is 22.1. The molecule has 2 bridgehead atoms.